The van der Waals surface area contributed by atoms with Gasteiger partial charge in [-0.25, -0.2) is 9.59 Å². The standard InChI is InChI=1S/C18H20Cl3NO5/c1-3-26-15(23)11-9-8-10-6-5-7-12(22-17(25)18(19,20)21)13(10)14(11)16(24)27-4-2/h8-9,12H,3-7H2,1-2H3,(H,22,25). The zero-order valence-electron chi connectivity index (χ0n) is 14.9. The van der Waals surface area contributed by atoms with Gasteiger partial charge in [0.05, 0.1) is 30.4 Å². The van der Waals surface area contributed by atoms with E-state index in [0.717, 1.165) is 12.0 Å². The van der Waals surface area contributed by atoms with Crippen LogP contribution in [0, 0.1) is 0 Å². The predicted octanol–water partition coefficient (Wildman–Crippen LogP) is 3.90. The average molecular weight is 437 g/mol. The summed E-state index contributed by atoms with van der Waals surface area (Å²) in [6.45, 7) is 3.63. The van der Waals surface area contributed by atoms with Gasteiger partial charge in [-0.3, -0.25) is 4.79 Å². The van der Waals surface area contributed by atoms with Gasteiger partial charge in [-0.05, 0) is 50.3 Å². The third kappa shape index (κ3) is 5.06. The minimum atomic E-state index is -2.14. The van der Waals surface area contributed by atoms with Crippen molar-refractivity contribution in [1.82, 2.24) is 5.32 Å². The Morgan fingerprint density at radius 3 is 2.33 bits per heavy atom. The molecule has 1 unspecified atom stereocenters. The second kappa shape index (κ2) is 9.13. The number of fused-ring (bicyclic) bond motifs is 1. The molecule has 1 atom stereocenters. The van der Waals surface area contributed by atoms with E-state index in [4.69, 9.17) is 44.3 Å². The Bertz CT molecular complexity index is 745. The number of amides is 1. The number of aryl methyl sites for hydroxylation is 1. The van der Waals surface area contributed by atoms with Crippen LogP contribution in [-0.4, -0.2) is 34.9 Å². The molecule has 1 aliphatic rings. The molecule has 1 amide bonds. The van der Waals surface area contributed by atoms with E-state index in [1.165, 1.54) is 0 Å². The molecule has 1 aromatic carbocycles. The van der Waals surface area contributed by atoms with Crippen LogP contribution < -0.4 is 5.32 Å². The number of esters is 2. The van der Waals surface area contributed by atoms with Crippen molar-refractivity contribution in [3.05, 3.63) is 34.4 Å². The van der Waals surface area contributed by atoms with Crippen molar-refractivity contribution >= 4 is 52.6 Å². The number of hydrogen-bond acceptors (Lipinski definition) is 5. The van der Waals surface area contributed by atoms with E-state index in [1.807, 2.05) is 0 Å². The topological polar surface area (TPSA) is 81.7 Å². The second-order valence-electron chi connectivity index (χ2n) is 5.92. The van der Waals surface area contributed by atoms with E-state index in [-0.39, 0.29) is 24.3 Å². The summed E-state index contributed by atoms with van der Waals surface area (Å²) in [5, 5.41) is 2.66. The van der Waals surface area contributed by atoms with Gasteiger partial charge in [-0.2, -0.15) is 0 Å². The van der Waals surface area contributed by atoms with E-state index in [2.05, 4.69) is 5.32 Å². The first kappa shape index (κ1) is 21.8. The van der Waals surface area contributed by atoms with Gasteiger partial charge in [-0.1, -0.05) is 40.9 Å². The van der Waals surface area contributed by atoms with E-state index in [1.54, 1.807) is 26.0 Å². The number of alkyl halides is 3. The van der Waals surface area contributed by atoms with Gasteiger partial charge in [0, 0.05) is 0 Å². The van der Waals surface area contributed by atoms with Crippen molar-refractivity contribution in [3.8, 4) is 0 Å². The monoisotopic (exact) mass is 435 g/mol. The van der Waals surface area contributed by atoms with Crippen molar-refractivity contribution in [2.24, 2.45) is 0 Å². The molecular formula is C18H20Cl3NO5. The van der Waals surface area contributed by atoms with Crippen LogP contribution in [0.3, 0.4) is 0 Å². The largest absolute Gasteiger partial charge is 0.462 e. The summed E-state index contributed by atoms with van der Waals surface area (Å²) >= 11 is 17.0. The number of ether oxygens (including phenoxy) is 2. The lowest BCUT2D eigenvalue weighted by Gasteiger charge is -2.30. The number of rotatable bonds is 5. The molecule has 1 aliphatic carbocycles. The average Bonchev–Trinajstić information content (AvgIpc) is 2.60. The summed E-state index contributed by atoms with van der Waals surface area (Å²) in [6.07, 6.45) is 1.97. The maximum atomic E-state index is 12.7. The van der Waals surface area contributed by atoms with Crippen molar-refractivity contribution in [2.75, 3.05) is 13.2 Å². The number of nitrogens with one attached hydrogen (secondary N) is 1. The lowest BCUT2D eigenvalue weighted by molar-refractivity contribution is -0.121. The number of benzene rings is 1. The van der Waals surface area contributed by atoms with E-state index < -0.39 is 27.7 Å². The van der Waals surface area contributed by atoms with Gasteiger partial charge in [0.15, 0.2) is 0 Å². The molecule has 2 rings (SSSR count). The maximum absolute atomic E-state index is 12.7. The molecule has 148 valence electrons. The summed E-state index contributed by atoms with van der Waals surface area (Å²) in [7, 11) is 0. The van der Waals surface area contributed by atoms with Gasteiger partial charge in [0.25, 0.3) is 9.70 Å². The smallest absolute Gasteiger partial charge is 0.339 e. The fraction of sp³-hybridized carbons (Fsp3) is 0.500. The number of hydrogen-bond donors (Lipinski definition) is 1. The first-order valence-corrected chi connectivity index (χ1v) is 9.71. The maximum Gasteiger partial charge on any atom is 0.339 e. The van der Waals surface area contributed by atoms with Crippen LogP contribution in [0.25, 0.3) is 0 Å². The normalized spacial score (nSPS) is 16.3. The van der Waals surface area contributed by atoms with Crippen LogP contribution in [0.4, 0.5) is 0 Å². The summed E-state index contributed by atoms with van der Waals surface area (Å²) in [6, 6.07) is 2.70. The first-order chi connectivity index (χ1) is 12.7. The third-order valence-electron chi connectivity index (χ3n) is 4.16. The highest BCUT2D eigenvalue weighted by atomic mass is 35.6. The van der Waals surface area contributed by atoms with E-state index >= 15 is 0 Å². The lowest BCUT2D eigenvalue weighted by Crippen LogP contribution is -2.39. The highest BCUT2D eigenvalue weighted by molar-refractivity contribution is 6.76. The zero-order valence-corrected chi connectivity index (χ0v) is 17.2. The molecule has 1 aromatic rings. The molecule has 6 nitrogen and oxygen atoms in total. The molecule has 0 radical (unpaired) electrons. The SMILES string of the molecule is CCOC(=O)c1ccc2c(c1C(=O)OCC)C(NC(=O)C(Cl)(Cl)Cl)CCC2. The zero-order chi connectivity index (χ0) is 20.2. The molecule has 1 N–H and O–H groups in total. The molecule has 0 bridgehead atoms. The van der Waals surface area contributed by atoms with Crippen LogP contribution in [0.15, 0.2) is 12.1 Å². The molecule has 0 fully saturated rings. The Morgan fingerprint density at radius 1 is 1.11 bits per heavy atom. The van der Waals surface area contributed by atoms with Crippen molar-refractivity contribution in [2.45, 2.75) is 42.9 Å². The first-order valence-electron chi connectivity index (χ1n) is 8.58. The highest BCUT2D eigenvalue weighted by Crippen LogP contribution is 2.36. The minimum absolute atomic E-state index is 0.0853. The van der Waals surface area contributed by atoms with Crippen LogP contribution in [0.5, 0.6) is 0 Å². The van der Waals surface area contributed by atoms with Crippen LogP contribution in [0.1, 0.15) is 64.6 Å². The van der Waals surface area contributed by atoms with E-state index in [0.29, 0.717) is 18.4 Å². The predicted molar refractivity (Wildman–Crippen MR) is 102 cm³/mol. The molecule has 0 spiro atoms. The highest BCUT2D eigenvalue weighted by Gasteiger charge is 2.36. The molecular weight excluding hydrogens is 417 g/mol. The Hall–Kier alpha value is -1.50. The number of halogens is 3. The summed E-state index contributed by atoms with van der Waals surface area (Å²) < 4.78 is 8.07. The second-order valence-corrected chi connectivity index (χ2v) is 8.20. The fourth-order valence-electron chi connectivity index (χ4n) is 3.11. The minimum Gasteiger partial charge on any atom is -0.462 e. The fourth-order valence-corrected chi connectivity index (χ4v) is 3.27. The number of carbonyl (C=O) groups is 3. The number of carbonyl (C=O) groups excluding carboxylic acids is 3. The lowest BCUT2D eigenvalue weighted by atomic mass is 9.82. The molecule has 27 heavy (non-hydrogen) atoms. The van der Waals surface area contributed by atoms with Crippen molar-refractivity contribution in [3.63, 3.8) is 0 Å². The van der Waals surface area contributed by atoms with Gasteiger partial charge in [0.2, 0.25) is 0 Å². The van der Waals surface area contributed by atoms with Gasteiger partial charge in [-0.15, -0.1) is 0 Å². The summed E-state index contributed by atoms with van der Waals surface area (Å²) in [5.41, 5.74) is 1.51. The molecule has 0 saturated heterocycles. The van der Waals surface area contributed by atoms with Crippen molar-refractivity contribution in [1.29, 1.82) is 0 Å². The molecule has 0 aliphatic heterocycles. The van der Waals surface area contributed by atoms with Crippen molar-refractivity contribution < 1.29 is 23.9 Å². The molecule has 9 heteroatoms. The summed E-state index contributed by atoms with van der Waals surface area (Å²) in [5.74, 6) is -2.10. The molecule has 0 heterocycles. The third-order valence-corrected chi connectivity index (χ3v) is 4.68. The molecule has 0 aromatic heterocycles. The van der Waals surface area contributed by atoms with Crippen LogP contribution >= 0.6 is 34.8 Å². The van der Waals surface area contributed by atoms with Gasteiger partial charge in [0.1, 0.15) is 0 Å². The molecule has 0 saturated carbocycles. The Morgan fingerprint density at radius 2 is 1.74 bits per heavy atom. The van der Waals surface area contributed by atoms with Gasteiger partial charge < -0.3 is 14.8 Å². The quantitative estimate of drug-likeness (QED) is 0.559. The van der Waals surface area contributed by atoms with Crippen LogP contribution in [-0.2, 0) is 20.7 Å². The summed E-state index contributed by atoms with van der Waals surface area (Å²) in [4.78, 5) is 37.2. The Labute approximate surface area is 172 Å². The Balaban J connectivity index is 2.57. The van der Waals surface area contributed by atoms with Gasteiger partial charge >= 0.3 is 11.9 Å². The van der Waals surface area contributed by atoms with E-state index in [9.17, 15) is 14.4 Å². The Kier molecular flexibility index (Phi) is 7.37. The van der Waals surface area contributed by atoms with Crippen LogP contribution in [0.2, 0.25) is 0 Å².